The third-order valence-electron chi connectivity index (χ3n) is 6.06. The molecule has 6 rings (SSSR count). The summed E-state index contributed by atoms with van der Waals surface area (Å²) >= 11 is 5.23. The molecule has 4 aromatic rings. The number of hydrogen-bond acceptors (Lipinski definition) is 7. The second-order valence-electron chi connectivity index (χ2n) is 8.32. The molecule has 2 aromatic heterocycles. The summed E-state index contributed by atoms with van der Waals surface area (Å²) < 4.78 is 7.73. The zero-order valence-corrected chi connectivity index (χ0v) is 22.2. The average Bonchev–Trinajstić information content (AvgIpc) is 3.49. The van der Waals surface area contributed by atoms with Crippen LogP contribution in [-0.4, -0.2) is 17.6 Å². The molecule has 2 aliphatic heterocycles. The summed E-state index contributed by atoms with van der Waals surface area (Å²) in [6, 6.07) is 17.0. The largest absolute Gasteiger partial charge is 0.550 e. The van der Waals surface area contributed by atoms with Crippen molar-refractivity contribution in [3.8, 4) is 0 Å². The number of carbonyl (C=O) groups excluding carboxylic acids is 1. The minimum absolute atomic E-state index is 0.135. The minimum Gasteiger partial charge on any atom is -0.550 e. The fourth-order valence-electron chi connectivity index (χ4n) is 4.56. The van der Waals surface area contributed by atoms with Crippen molar-refractivity contribution < 1.29 is 14.5 Å². The van der Waals surface area contributed by atoms with E-state index in [1.807, 2.05) is 15.9 Å². The number of thiazole rings is 2. The number of carboxylic acids is 1. The molecule has 4 heterocycles. The van der Waals surface area contributed by atoms with Gasteiger partial charge in [-0.25, -0.2) is 0 Å². The summed E-state index contributed by atoms with van der Waals surface area (Å²) in [5.41, 5.74) is 3.94. The van der Waals surface area contributed by atoms with E-state index in [0.717, 1.165) is 40.5 Å². The Morgan fingerprint density at radius 3 is 2.57 bits per heavy atom. The van der Waals surface area contributed by atoms with E-state index in [2.05, 4.69) is 72.0 Å². The zero-order chi connectivity index (χ0) is 24.7. The van der Waals surface area contributed by atoms with Crippen LogP contribution >= 0.6 is 34.4 Å². The number of benzene rings is 2. The highest BCUT2D eigenvalue weighted by Gasteiger charge is 2.30. The molecule has 0 radical (unpaired) electrons. The highest BCUT2D eigenvalue weighted by Crippen LogP contribution is 2.45. The maximum atomic E-state index is 13.5. The van der Waals surface area contributed by atoms with Gasteiger partial charge in [0, 0.05) is 36.9 Å². The summed E-state index contributed by atoms with van der Waals surface area (Å²) in [5, 5.41) is 11.2. The Kier molecular flexibility index (Phi) is 6.57. The van der Waals surface area contributed by atoms with Gasteiger partial charge in [-0.15, -0.1) is 11.3 Å². The number of aromatic nitrogens is 2. The number of carboxylic acid groups (broad SMARTS) is 1. The minimum atomic E-state index is -1.08. The molecule has 0 atom stereocenters. The summed E-state index contributed by atoms with van der Waals surface area (Å²) in [5.74, 6) is -1.08. The first-order valence-electron chi connectivity index (χ1n) is 11.5. The third-order valence-corrected chi connectivity index (χ3v) is 9.89. The first-order valence-corrected chi connectivity index (χ1v) is 13.9. The molecule has 0 bridgehead atoms. The molecule has 0 amide bonds. The Balaban J connectivity index is 0.000000591. The van der Waals surface area contributed by atoms with Gasteiger partial charge in [0.15, 0.2) is 6.54 Å². The first-order chi connectivity index (χ1) is 16.9. The van der Waals surface area contributed by atoms with E-state index in [4.69, 9.17) is 9.90 Å². The van der Waals surface area contributed by atoms with Crippen LogP contribution in [0.1, 0.15) is 31.7 Å². The van der Waals surface area contributed by atoms with Gasteiger partial charge in [-0.1, -0.05) is 47.4 Å². The highest BCUT2D eigenvalue weighted by molar-refractivity contribution is 8.08. The maximum Gasteiger partial charge on any atom is 0.271 e. The second-order valence-corrected chi connectivity index (χ2v) is 11.4. The van der Waals surface area contributed by atoms with E-state index >= 15 is 0 Å². The number of aryl methyl sites for hydroxylation is 1. The smallest absolute Gasteiger partial charge is 0.271 e. The van der Waals surface area contributed by atoms with Crippen LogP contribution < -0.4 is 29.3 Å². The van der Waals surface area contributed by atoms with Gasteiger partial charge in [-0.2, -0.15) is 4.57 Å². The lowest BCUT2D eigenvalue weighted by molar-refractivity contribution is -0.672. The van der Waals surface area contributed by atoms with Gasteiger partial charge >= 0.3 is 0 Å². The Labute approximate surface area is 215 Å². The SMILES string of the molecule is CC(=O)[O-].CCn1c(=O)c(=C2Sc3ccccc3N2C)s/c1=C1\CCC[n+]2c1sc1ccccc12. The van der Waals surface area contributed by atoms with Gasteiger partial charge in [0.1, 0.15) is 18.9 Å². The van der Waals surface area contributed by atoms with Crippen molar-refractivity contribution in [3.05, 3.63) is 73.1 Å². The standard InChI is InChI=1S/C24H22N3OS3.C2H4O2/c1-3-26-21(28)20(24-25(2)16-10-4-6-12-18(16)30-24)31-22(26)15-9-8-14-27-17-11-5-7-13-19(17)29-23(15)27;1-2(3)4/h4-7,10-13H,3,8-9,14H2,1-2H3;1H3,(H,3,4)/q+1;/p-1. The van der Waals surface area contributed by atoms with Crippen LogP contribution in [0.2, 0.25) is 0 Å². The van der Waals surface area contributed by atoms with Gasteiger partial charge in [-0.3, -0.25) is 9.36 Å². The number of thioether (sulfide) groups is 1. The molecule has 0 N–H and O–H groups in total. The number of hydrogen-bond donors (Lipinski definition) is 0. The predicted molar refractivity (Wildman–Crippen MR) is 142 cm³/mol. The van der Waals surface area contributed by atoms with Crippen molar-refractivity contribution in [2.45, 2.75) is 44.7 Å². The van der Waals surface area contributed by atoms with Crippen LogP contribution in [0.15, 0.2) is 58.2 Å². The molecule has 0 saturated heterocycles. The fourth-order valence-corrected chi connectivity index (χ4v) is 8.47. The Morgan fingerprint density at radius 2 is 1.83 bits per heavy atom. The molecule has 0 unspecified atom stereocenters. The van der Waals surface area contributed by atoms with Crippen LogP contribution in [0.5, 0.6) is 0 Å². The summed E-state index contributed by atoms with van der Waals surface area (Å²) in [7, 11) is 2.07. The van der Waals surface area contributed by atoms with E-state index < -0.39 is 5.97 Å². The number of para-hydroxylation sites is 2. The average molecular weight is 524 g/mol. The molecular weight excluding hydrogens is 499 g/mol. The van der Waals surface area contributed by atoms with E-state index in [0.29, 0.717) is 6.54 Å². The van der Waals surface area contributed by atoms with Crippen LogP contribution in [0, 0.1) is 0 Å². The lowest BCUT2D eigenvalue weighted by Gasteiger charge is -2.11. The Bertz CT molecular complexity index is 1630. The fraction of sp³-hybridized carbons (Fsp3) is 0.269. The second kappa shape index (κ2) is 9.64. The van der Waals surface area contributed by atoms with Gasteiger partial charge in [0.2, 0.25) is 5.52 Å². The molecule has 0 aliphatic carbocycles. The van der Waals surface area contributed by atoms with E-state index in [1.165, 1.54) is 31.4 Å². The summed E-state index contributed by atoms with van der Waals surface area (Å²) in [6.45, 7) is 4.78. The first kappa shape index (κ1) is 23.8. The van der Waals surface area contributed by atoms with E-state index in [-0.39, 0.29) is 5.56 Å². The van der Waals surface area contributed by atoms with Crippen LogP contribution in [0.25, 0.3) is 20.8 Å². The number of nitrogens with zero attached hydrogens (tertiary/aromatic N) is 3. The number of rotatable bonds is 1. The Hall–Kier alpha value is -2.88. The summed E-state index contributed by atoms with van der Waals surface area (Å²) in [6.07, 6.45) is 2.13. The lowest BCUT2D eigenvalue weighted by Crippen LogP contribution is -2.41. The molecule has 2 aliphatic rings. The number of aliphatic carboxylic acids is 1. The van der Waals surface area contributed by atoms with Crippen LogP contribution in [0.3, 0.4) is 0 Å². The molecule has 2 aromatic carbocycles. The van der Waals surface area contributed by atoms with Gasteiger partial charge < -0.3 is 14.8 Å². The molecule has 0 spiro atoms. The molecule has 0 fully saturated rings. The third kappa shape index (κ3) is 4.22. The normalized spacial score (nSPS) is 17.6. The van der Waals surface area contributed by atoms with Crippen molar-refractivity contribution in [1.29, 1.82) is 0 Å². The van der Waals surface area contributed by atoms with Crippen molar-refractivity contribution in [2.75, 3.05) is 11.9 Å². The number of fused-ring (bicyclic) bond motifs is 4. The number of anilines is 1. The molecule has 6 nitrogen and oxygen atoms in total. The quantitative estimate of drug-likeness (QED) is 0.359. The number of carbonyl (C=O) groups is 1. The summed E-state index contributed by atoms with van der Waals surface area (Å²) in [4.78, 5) is 25.8. The van der Waals surface area contributed by atoms with E-state index in [1.54, 1.807) is 23.1 Å². The molecule has 180 valence electrons. The van der Waals surface area contributed by atoms with Crippen LogP contribution in [0.4, 0.5) is 5.69 Å². The zero-order valence-electron chi connectivity index (χ0n) is 19.7. The highest BCUT2D eigenvalue weighted by atomic mass is 32.2. The molecule has 0 saturated carbocycles. The van der Waals surface area contributed by atoms with Gasteiger partial charge in [-0.05, 0) is 38.5 Å². The van der Waals surface area contributed by atoms with Gasteiger partial charge in [0.05, 0.1) is 11.3 Å². The van der Waals surface area contributed by atoms with Gasteiger partial charge in [0.25, 0.3) is 10.6 Å². The molecule has 9 heteroatoms. The van der Waals surface area contributed by atoms with E-state index in [9.17, 15) is 4.79 Å². The predicted octanol–water partition coefficient (Wildman–Crippen LogP) is 2.49. The van der Waals surface area contributed by atoms with Crippen molar-refractivity contribution in [2.24, 2.45) is 0 Å². The molecule has 35 heavy (non-hydrogen) atoms. The van der Waals surface area contributed by atoms with Crippen molar-refractivity contribution in [1.82, 2.24) is 4.57 Å². The topological polar surface area (TPSA) is 69.2 Å². The van der Waals surface area contributed by atoms with Crippen molar-refractivity contribution in [3.63, 3.8) is 0 Å². The van der Waals surface area contributed by atoms with Crippen LogP contribution in [-0.2, 0) is 17.9 Å². The molecular formula is C26H25N3O3S3. The van der Waals surface area contributed by atoms with Crippen molar-refractivity contribution >= 4 is 66.9 Å². The Morgan fingerprint density at radius 1 is 1.11 bits per heavy atom. The monoisotopic (exact) mass is 523 g/mol. The maximum absolute atomic E-state index is 13.5. The lowest BCUT2D eigenvalue weighted by atomic mass is 10.1.